The summed E-state index contributed by atoms with van der Waals surface area (Å²) >= 11 is 6.86. The molecule has 7 heteroatoms. The number of thiophene rings is 1. The zero-order valence-electron chi connectivity index (χ0n) is 13.3. The summed E-state index contributed by atoms with van der Waals surface area (Å²) in [7, 11) is 0. The molecule has 1 atom stereocenters. The Bertz CT molecular complexity index is 679. The number of nitrogens with zero attached hydrogens (tertiary/aromatic N) is 2. The highest BCUT2D eigenvalue weighted by atomic mass is 32.1. The van der Waals surface area contributed by atoms with Crippen LogP contribution in [0.3, 0.4) is 0 Å². The summed E-state index contributed by atoms with van der Waals surface area (Å²) in [6, 6.07) is 3.52. The largest absolute Gasteiger partial charge is 0.354 e. The Morgan fingerprint density at radius 3 is 2.86 bits per heavy atom. The minimum atomic E-state index is -0.400. The van der Waals surface area contributed by atoms with Gasteiger partial charge in [-0.25, -0.2) is 0 Å². The number of carbonyl (C=O) groups is 1. The van der Waals surface area contributed by atoms with E-state index in [9.17, 15) is 4.79 Å². The Morgan fingerprint density at radius 2 is 2.27 bits per heavy atom. The molecular formula is C15H22N4OS2. The first-order chi connectivity index (χ1) is 10.3. The van der Waals surface area contributed by atoms with Crippen molar-refractivity contribution in [3.63, 3.8) is 0 Å². The molecule has 0 aliphatic heterocycles. The van der Waals surface area contributed by atoms with E-state index in [4.69, 9.17) is 12.2 Å². The molecule has 0 saturated heterocycles. The van der Waals surface area contributed by atoms with Gasteiger partial charge >= 0.3 is 0 Å². The van der Waals surface area contributed by atoms with Crippen LogP contribution in [0.5, 0.6) is 0 Å². The fourth-order valence-corrected chi connectivity index (χ4v) is 3.07. The molecule has 0 bridgehead atoms. The number of H-pyrrole nitrogens is 1. The quantitative estimate of drug-likeness (QED) is 0.816. The van der Waals surface area contributed by atoms with E-state index in [2.05, 4.69) is 36.3 Å². The first kappa shape index (κ1) is 16.9. The van der Waals surface area contributed by atoms with Crippen LogP contribution in [-0.4, -0.2) is 27.2 Å². The SMILES string of the molecule is C[C@H](C(=O)NCCC(C)(C)C)n1c(-c2cccs2)n[nH]c1=S. The lowest BCUT2D eigenvalue weighted by Crippen LogP contribution is -2.33. The van der Waals surface area contributed by atoms with Crippen LogP contribution >= 0.6 is 23.6 Å². The molecule has 2 heterocycles. The maximum Gasteiger partial charge on any atom is 0.242 e. The summed E-state index contributed by atoms with van der Waals surface area (Å²) in [4.78, 5) is 13.4. The number of hydrogen-bond donors (Lipinski definition) is 2. The van der Waals surface area contributed by atoms with Crippen molar-refractivity contribution in [2.24, 2.45) is 5.41 Å². The van der Waals surface area contributed by atoms with E-state index in [-0.39, 0.29) is 11.3 Å². The lowest BCUT2D eigenvalue weighted by molar-refractivity contribution is -0.123. The van der Waals surface area contributed by atoms with E-state index in [1.807, 2.05) is 24.4 Å². The molecule has 2 N–H and O–H groups in total. The zero-order valence-corrected chi connectivity index (χ0v) is 15.0. The van der Waals surface area contributed by atoms with Gasteiger partial charge in [-0.1, -0.05) is 26.8 Å². The van der Waals surface area contributed by atoms with Crippen LogP contribution in [0.4, 0.5) is 0 Å². The van der Waals surface area contributed by atoms with Crippen LogP contribution in [0.1, 0.15) is 40.2 Å². The van der Waals surface area contributed by atoms with Crippen LogP contribution in [0, 0.1) is 10.2 Å². The van der Waals surface area contributed by atoms with Gasteiger partial charge in [0.1, 0.15) is 6.04 Å². The third kappa shape index (κ3) is 4.04. The van der Waals surface area contributed by atoms with Gasteiger partial charge in [-0.15, -0.1) is 11.3 Å². The Balaban J connectivity index is 2.13. The average molecular weight is 339 g/mol. The molecule has 0 fully saturated rings. The highest BCUT2D eigenvalue weighted by Crippen LogP contribution is 2.25. The second-order valence-electron chi connectivity index (χ2n) is 6.48. The van der Waals surface area contributed by atoms with Crippen molar-refractivity contribution in [3.05, 3.63) is 22.3 Å². The Morgan fingerprint density at radius 1 is 1.55 bits per heavy atom. The minimum absolute atomic E-state index is 0.0421. The topological polar surface area (TPSA) is 62.7 Å². The molecule has 120 valence electrons. The van der Waals surface area contributed by atoms with Gasteiger partial charge in [0, 0.05) is 6.54 Å². The van der Waals surface area contributed by atoms with Gasteiger partial charge in [-0.2, -0.15) is 5.10 Å². The normalized spacial score (nSPS) is 13.1. The molecule has 1 amide bonds. The van der Waals surface area contributed by atoms with E-state index in [1.54, 1.807) is 15.9 Å². The maximum atomic E-state index is 12.4. The third-order valence-corrected chi connectivity index (χ3v) is 4.54. The number of aromatic nitrogens is 3. The molecule has 2 aromatic heterocycles. The second-order valence-corrected chi connectivity index (χ2v) is 7.81. The molecule has 5 nitrogen and oxygen atoms in total. The van der Waals surface area contributed by atoms with E-state index in [0.717, 1.165) is 11.3 Å². The molecule has 0 saturated carbocycles. The molecule has 0 spiro atoms. The predicted molar refractivity (Wildman–Crippen MR) is 92.5 cm³/mol. The highest BCUT2D eigenvalue weighted by molar-refractivity contribution is 7.71. The minimum Gasteiger partial charge on any atom is -0.354 e. The predicted octanol–water partition coefficient (Wildman–Crippen LogP) is 3.78. The number of rotatable bonds is 5. The van der Waals surface area contributed by atoms with E-state index in [1.165, 1.54) is 0 Å². The number of aromatic amines is 1. The highest BCUT2D eigenvalue weighted by Gasteiger charge is 2.21. The van der Waals surface area contributed by atoms with Gasteiger partial charge in [-0.05, 0) is 42.4 Å². The van der Waals surface area contributed by atoms with Gasteiger partial charge in [-0.3, -0.25) is 14.5 Å². The van der Waals surface area contributed by atoms with E-state index >= 15 is 0 Å². The van der Waals surface area contributed by atoms with Crippen LogP contribution in [0.2, 0.25) is 0 Å². The lowest BCUT2D eigenvalue weighted by Gasteiger charge is -2.20. The van der Waals surface area contributed by atoms with Gasteiger partial charge in [0.15, 0.2) is 10.6 Å². The van der Waals surface area contributed by atoms with Crippen molar-refractivity contribution in [2.75, 3.05) is 6.54 Å². The van der Waals surface area contributed by atoms with E-state index in [0.29, 0.717) is 17.1 Å². The maximum absolute atomic E-state index is 12.4. The molecular weight excluding hydrogens is 316 g/mol. The molecule has 0 aliphatic rings. The van der Waals surface area contributed by atoms with Gasteiger partial charge < -0.3 is 5.32 Å². The van der Waals surface area contributed by atoms with Crippen LogP contribution in [-0.2, 0) is 4.79 Å². The fourth-order valence-electron chi connectivity index (χ4n) is 2.07. The molecule has 0 unspecified atom stereocenters. The van der Waals surface area contributed by atoms with Crippen molar-refractivity contribution in [1.82, 2.24) is 20.1 Å². The van der Waals surface area contributed by atoms with Crippen LogP contribution < -0.4 is 5.32 Å². The van der Waals surface area contributed by atoms with Crippen molar-refractivity contribution >= 4 is 29.5 Å². The number of carbonyl (C=O) groups excluding carboxylic acids is 1. The average Bonchev–Trinajstić information content (AvgIpc) is 3.05. The summed E-state index contributed by atoms with van der Waals surface area (Å²) in [6.07, 6.45) is 0.931. The Hall–Kier alpha value is -1.47. The van der Waals surface area contributed by atoms with Gasteiger partial charge in [0.25, 0.3) is 0 Å². The summed E-state index contributed by atoms with van der Waals surface area (Å²) in [5.41, 5.74) is 0.199. The second kappa shape index (κ2) is 6.75. The third-order valence-electron chi connectivity index (χ3n) is 3.39. The van der Waals surface area contributed by atoms with Crippen molar-refractivity contribution < 1.29 is 4.79 Å². The first-order valence-electron chi connectivity index (χ1n) is 7.28. The molecule has 0 aliphatic carbocycles. The molecule has 2 rings (SSSR count). The monoisotopic (exact) mass is 338 g/mol. The van der Waals surface area contributed by atoms with Crippen molar-refractivity contribution in [1.29, 1.82) is 0 Å². The molecule has 0 aromatic carbocycles. The van der Waals surface area contributed by atoms with Crippen molar-refractivity contribution in [3.8, 4) is 10.7 Å². The molecule has 2 aromatic rings. The molecule has 0 radical (unpaired) electrons. The number of nitrogens with one attached hydrogen (secondary N) is 2. The Labute approximate surface area is 139 Å². The molecule has 22 heavy (non-hydrogen) atoms. The summed E-state index contributed by atoms with van der Waals surface area (Å²) in [5.74, 6) is 0.665. The fraction of sp³-hybridized carbons (Fsp3) is 0.533. The lowest BCUT2D eigenvalue weighted by atomic mass is 9.92. The first-order valence-corrected chi connectivity index (χ1v) is 8.57. The van der Waals surface area contributed by atoms with Gasteiger partial charge in [0.05, 0.1) is 4.88 Å². The van der Waals surface area contributed by atoms with E-state index < -0.39 is 6.04 Å². The van der Waals surface area contributed by atoms with Crippen molar-refractivity contribution in [2.45, 2.75) is 40.2 Å². The summed E-state index contributed by atoms with van der Waals surface area (Å²) < 4.78 is 2.23. The van der Waals surface area contributed by atoms with Crippen LogP contribution in [0.15, 0.2) is 17.5 Å². The number of amides is 1. The standard InChI is InChI=1S/C15H22N4OS2/c1-10(13(20)16-8-7-15(2,3)4)19-12(17-18-14(19)21)11-6-5-9-22-11/h5-6,9-10H,7-8H2,1-4H3,(H,16,20)(H,18,21)/t10-/m1/s1. The summed E-state index contributed by atoms with van der Waals surface area (Å²) in [6.45, 7) is 8.97. The Kier molecular flexibility index (Phi) is 5.18. The number of hydrogen-bond acceptors (Lipinski definition) is 4. The summed E-state index contributed by atoms with van der Waals surface area (Å²) in [5, 5.41) is 12.0. The smallest absolute Gasteiger partial charge is 0.242 e. The van der Waals surface area contributed by atoms with Crippen LogP contribution in [0.25, 0.3) is 10.7 Å². The van der Waals surface area contributed by atoms with Gasteiger partial charge in [0.2, 0.25) is 5.91 Å². The zero-order chi connectivity index (χ0) is 16.3.